The number of nitrogens with zero attached hydrogens (tertiary/aromatic N) is 1. The normalized spacial score (nSPS) is 11.8. The molecule has 1 atom stereocenters. The topological polar surface area (TPSA) is 83.5 Å². The fourth-order valence-electron chi connectivity index (χ4n) is 2.13. The number of nitrogens with one attached hydrogen (secondary N) is 2. The summed E-state index contributed by atoms with van der Waals surface area (Å²) in [5.74, 6) is 0.598. The highest BCUT2D eigenvalue weighted by atomic mass is 32.1. The zero-order valence-electron chi connectivity index (χ0n) is 13.2. The van der Waals surface area contributed by atoms with Crippen molar-refractivity contribution >= 4 is 17.4 Å². The number of methoxy groups -OCH3 is 1. The zero-order valence-corrected chi connectivity index (χ0v) is 14.0. The average molecular weight is 335 g/mol. The molecule has 2 rings (SSSR count). The Morgan fingerprint density at radius 2 is 2.17 bits per heavy atom. The van der Waals surface area contributed by atoms with Crippen LogP contribution in [0.5, 0.6) is 5.75 Å². The molecule has 3 N–H and O–H groups in total. The summed E-state index contributed by atoms with van der Waals surface area (Å²) in [6.07, 6.45) is -0.134. The van der Waals surface area contributed by atoms with Crippen molar-refractivity contribution in [2.45, 2.75) is 19.4 Å². The number of benzene rings is 1. The molecule has 0 aliphatic carbocycles. The molecule has 0 saturated heterocycles. The summed E-state index contributed by atoms with van der Waals surface area (Å²) in [5.41, 5.74) is 1.62. The van der Waals surface area contributed by atoms with Crippen molar-refractivity contribution in [2.24, 2.45) is 0 Å². The van der Waals surface area contributed by atoms with Crippen LogP contribution < -0.4 is 15.4 Å². The van der Waals surface area contributed by atoms with E-state index in [0.29, 0.717) is 24.3 Å². The van der Waals surface area contributed by atoms with Crippen LogP contribution in [-0.4, -0.2) is 36.3 Å². The fraction of sp³-hybridized carbons (Fsp3) is 0.375. The van der Waals surface area contributed by atoms with Crippen molar-refractivity contribution < 1.29 is 14.6 Å². The van der Waals surface area contributed by atoms with Crippen molar-refractivity contribution in [1.82, 2.24) is 15.6 Å². The van der Waals surface area contributed by atoms with E-state index in [2.05, 4.69) is 15.6 Å². The van der Waals surface area contributed by atoms with E-state index in [1.807, 2.05) is 24.4 Å². The number of para-hydroxylation sites is 1. The van der Waals surface area contributed by atoms with Crippen LogP contribution in [-0.2, 0) is 6.42 Å². The molecular formula is C16H21N3O3S. The van der Waals surface area contributed by atoms with Gasteiger partial charge >= 0.3 is 6.03 Å². The molecule has 0 aliphatic heterocycles. The summed E-state index contributed by atoms with van der Waals surface area (Å²) >= 11 is 1.59. The summed E-state index contributed by atoms with van der Waals surface area (Å²) < 4.78 is 5.19. The SMILES string of the molecule is COc1ccccc1[C@@H](O)CNC(=O)NCCc1csc(C)n1. The van der Waals surface area contributed by atoms with E-state index in [4.69, 9.17) is 4.74 Å². The van der Waals surface area contributed by atoms with E-state index in [-0.39, 0.29) is 12.6 Å². The lowest BCUT2D eigenvalue weighted by molar-refractivity contribution is 0.169. The number of aliphatic hydroxyl groups excluding tert-OH is 1. The summed E-state index contributed by atoms with van der Waals surface area (Å²) in [4.78, 5) is 16.1. The predicted octanol–water partition coefficient (Wildman–Crippen LogP) is 2.04. The lowest BCUT2D eigenvalue weighted by Crippen LogP contribution is -2.38. The van der Waals surface area contributed by atoms with Gasteiger partial charge in [-0.05, 0) is 13.0 Å². The highest BCUT2D eigenvalue weighted by molar-refractivity contribution is 7.09. The standard InChI is InChI=1S/C16H21N3O3S/c1-11-19-12(10-23-11)7-8-17-16(21)18-9-14(20)13-5-3-4-6-15(13)22-2/h3-6,10,14,20H,7-9H2,1-2H3,(H2,17,18,21)/t14-/m0/s1. The molecule has 0 unspecified atom stereocenters. The van der Waals surface area contributed by atoms with Crippen LogP contribution in [0.2, 0.25) is 0 Å². The van der Waals surface area contributed by atoms with Gasteiger partial charge in [0.15, 0.2) is 0 Å². The highest BCUT2D eigenvalue weighted by Crippen LogP contribution is 2.23. The minimum Gasteiger partial charge on any atom is -0.496 e. The van der Waals surface area contributed by atoms with E-state index in [1.165, 1.54) is 0 Å². The summed E-state index contributed by atoms with van der Waals surface area (Å²) in [5, 5.41) is 18.6. The van der Waals surface area contributed by atoms with Gasteiger partial charge in [-0.3, -0.25) is 0 Å². The Bertz CT molecular complexity index is 645. The van der Waals surface area contributed by atoms with Crippen LogP contribution in [0.15, 0.2) is 29.6 Å². The largest absolute Gasteiger partial charge is 0.496 e. The molecule has 1 heterocycles. The molecule has 0 radical (unpaired) electrons. The van der Waals surface area contributed by atoms with Gasteiger partial charge in [0.25, 0.3) is 0 Å². The number of hydrogen-bond donors (Lipinski definition) is 3. The molecule has 2 amide bonds. The van der Waals surface area contributed by atoms with Crippen molar-refractivity contribution in [1.29, 1.82) is 0 Å². The van der Waals surface area contributed by atoms with Crippen molar-refractivity contribution in [3.63, 3.8) is 0 Å². The maximum atomic E-state index is 11.7. The number of thiazole rings is 1. The Hall–Kier alpha value is -2.12. The number of rotatable bonds is 7. The summed E-state index contributed by atoms with van der Waals surface area (Å²) in [6.45, 7) is 2.56. The van der Waals surface area contributed by atoms with Gasteiger partial charge in [0.2, 0.25) is 0 Å². The molecule has 7 heteroatoms. The second-order valence-corrected chi connectivity index (χ2v) is 6.06. The van der Waals surface area contributed by atoms with Gasteiger partial charge in [-0.25, -0.2) is 9.78 Å². The van der Waals surface area contributed by atoms with Crippen LogP contribution >= 0.6 is 11.3 Å². The Morgan fingerprint density at radius 1 is 1.39 bits per heavy atom. The predicted molar refractivity (Wildman–Crippen MR) is 89.9 cm³/mol. The lowest BCUT2D eigenvalue weighted by atomic mass is 10.1. The minimum atomic E-state index is -0.821. The fourth-order valence-corrected chi connectivity index (χ4v) is 2.78. The first-order valence-corrected chi connectivity index (χ1v) is 8.21. The molecule has 0 fully saturated rings. The lowest BCUT2D eigenvalue weighted by Gasteiger charge is -2.15. The number of aliphatic hydroxyl groups is 1. The first-order valence-electron chi connectivity index (χ1n) is 7.34. The molecule has 2 aromatic rings. The molecule has 0 aliphatic rings. The van der Waals surface area contributed by atoms with Crippen LogP contribution in [0, 0.1) is 6.92 Å². The molecule has 0 bridgehead atoms. The third kappa shape index (κ3) is 5.22. The Morgan fingerprint density at radius 3 is 2.87 bits per heavy atom. The van der Waals surface area contributed by atoms with Crippen LogP contribution in [0.25, 0.3) is 0 Å². The number of aromatic nitrogens is 1. The molecule has 1 aromatic heterocycles. The molecular weight excluding hydrogens is 314 g/mol. The minimum absolute atomic E-state index is 0.113. The number of amides is 2. The molecule has 23 heavy (non-hydrogen) atoms. The van der Waals surface area contributed by atoms with Gasteiger partial charge < -0.3 is 20.5 Å². The van der Waals surface area contributed by atoms with Crippen molar-refractivity contribution in [3.05, 3.63) is 45.9 Å². The van der Waals surface area contributed by atoms with Gasteiger partial charge in [-0.1, -0.05) is 18.2 Å². The van der Waals surface area contributed by atoms with Crippen LogP contribution in [0.1, 0.15) is 22.4 Å². The van der Waals surface area contributed by atoms with Gasteiger partial charge in [0, 0.05) is 30.5 Å². The van der Waals surface area contributed by atoms with E-state index in [9.17, 15) is 9.90 Å². The number of urea groups is 1. The third-order valence-corrected chi connectivity index (χ3v) is 4.11. The van der Waals surface area contributed by atoms with Crippen molar-refractivity contribution in [3.8, 4) is 5.75 Å². The smallest absolute Gasteiger partial charge is 0.314 e. The van der Waals surface area contributed by atoms with Gasteiger partial charge in [-0.2, -0.15) is 0 Å². The second kappa shape index (κ2) is 8.50. The molecule has 1 aromatic carbocycles. The second-order valence-electron chi connectivity index (χ2n) is 5.00. The van der Waals surface area contributed by atoms with Gasteiger partial charge in [0.1, 0.15) is 5.75 Å². The molecule has 124 valence electrons. The monoisotopic (exact) mass is 335 g/mol. The number of aryl methyl sites for hydroxylation is 1. The number of carbonyl (C=O) groups excluding carboxylic acids is 1. The molecule has 6 nitrogen and oxygen atoms in total. The van der Waals surface area contributed by atoms with Crippen LogP contribution in [0.3, 0.4) is 0 Å². The Balaban J connectivity index is 1.73. The third-order valence-electron chi connectivity index (χ3n) is 3.29. The van der Waals surface area contributed by atoms with Crippen LogP contribution in [0.4, 0.5) is 4.79 Å². The summed E-state index contributed by atoms with van der Waals surface area (Å²) in [7, 11) is 1.55. The van der Waals surface area contributed by atoms with E-state index < -0.39 is 6.10 Å². The van der Waals surface area contributed by atoms with E-state index in [0.717, 1.165) is 10.7 Å². The van der Waals surface area contributed by atoms with E-state index >= 15 is 0 Å². The molecule has 0 spiro atoms. The van der Waals surface area contributed by atoms with Gasteiger partial charge in [-0.15, -0.1) is 11.3 Å². The highest BCUT2D eigenvalue weighted by Gasteiger charge is 2.13. The van der Waals surface area contributed by atoms with Crippen molar-refractivity contribution in [2.75, 3.05) is 20.2 Å². The van der Waals surface area contributed by atoms with E-state index in [1.54, 1.807) is 30.6 Å². The number of carbonyl (C=O) groups is 1. The number of ether oxygens (including phenoxy) is 1. The zero-order chi connectivity index (χ0) is 16.7. The Kier molecular flexibility index (Phi) is 6.37. The average Bonchev–Trinajstić information content (AvgIpc) is 2.98. The molecule has 0 saturated carbocycles. The quantitative estimate of drug-likeness (QED) is 0.723. The number of hydrogen-bond acceptors (Lipinski definition) is 5. The maximum Gasteiger partial charge on any atom is 0.314 e. The summed E-state index contributed by atoms with van der Waals surface area (Å²) in [6, 6.07) is 6.87. The Labute approximate surface area is 139 Å². The first-order chi connectivity index (χ1) is 11.1. The first kappa shape index (κ1) is 17.2. The maximum absolute atomic E-state index is 11.7. The van der Waals surface area contributed by atoms with Gasteiger partial charge in [0.05, 0.1) is 23.9 Å².